The molecule has 1 rings (SSSR count). The van der Waals surface area contributed by atoms with Crippen LogP contribution in [0.15, 0.2) is 0 Å². The Labute approximate surface area is 135 Å². The Morgan fingerprint density at radius 3 is 2.43 bits per heavy atom. The van der Waals surface area contributed by atoms with Crippen LogP contribution in [0.3, 0.4) is 0 Å². The molecule has 0 bridgehead atoms. The predicted octanol–water partition coefficient (Wildman–Crippen LogP) is -2.18. The highest BCUT2D eigenvalue weighted by Gasteiger charge is 2.44. The fourth-order valence-electron chi connectivity index (χ4n) is 2.20. The average Bonchev–Trinajstić information content (AvgIpc) is 2.45. The standard InChI is InChI=1S/C14H26N2O7/c1-4-5-9(17)15-11-13(20)12(19)8(23-14(11)21)7-22-10(18)6-16(2)3/h8,11-14,19-21H,4-7H2,1-3H3,(H,15,17)/t8?,11-,12-,13-,14?/m1/s1. The molecule has 1 aliphatic heterocycles. The lowest BCUT2D eigenvalue weighted by molar-refractivity contribution is -0.255. The van der Waals surface area contributed by atoms with Crippen molar-refractivity contribution in [2.24, 2.45) is 0 Å². The quantitative estimate of drug-likeness (QED) is 0.387. The van der Waals surface area contributed by atoms with Crippen molar-refractivity contribution >= 4 is 11.9 Å². The van der Waals surface area contributed by atoms with E-state index in [1.54, 1.807) is 19.0 Å². The molecule has 1 fully saturated rings. The van der Waals surface area contributed by atoms with Gasteiger partial charge in [-0.1, -0.05) is 6.92 Å². The summed E-state index contributed by atoms with van der Waals surface area (Å²) < 4.78 is 10.1. The van der Waals surface area contributed by atoms with Gasteiger partial charge in [0.15, 0.2) is 6.29 Å². The van der Waals surface area contributed by atoms with E-state index in [1.807, 2.05) is 6.92 Å². The Kier molecular flexibility index (Phi) is 7.86. The predicted molar refractivity (Wildman–Crippen MR) is 79.2 cm³/mol. The second kappa shape index (κ2) is 9.14. The molecule has 1 amide bonds. The second-order valence-electron chi connectivity index (χ2n) is 5.81. The fraction of sp³-hybridized carbons (Fsp3) is 0.857. The molecule has 0 saturated carbocycles. The third-order valence-corrected chi connectivity index (χ3v) is 3.38. The highest BCUT2D eigenvalue weighted by atomic mass is 16.6. The number of nitrogens with zero attached hydrogens (tertiary/aromatic N) is 1. The zero-order chi connectivity index (χ0) is 17.6. The summed E-state index contributed by atoms with van der Waals surface area (Å²) in [6.45, 7) is 1.57. The number of hydrogen-bond donors (Lipinski definition) is 4. The van der Waals surface area contributed by atoms with Gasteiger partial charge in [-0.05, 0) is 20.5 Å². The third-order valence-electron chi connectivity index (χ3n) is 3.38. The molecule has 1 heterocycles. The first-order chi connectivity index (χ1) is 10.8. The van der Waals surface area contributed by atoms with Gasteiger partial charge in [-0.25, -0.2) is 0 Å². The van der Waals surface area contributed by atoms with Gasteiger partial charge in [-0.15, -0.1) is 0 Å². The van der Waals surface area contributed by atoms with Crippen LogP contribution in [0.4, 0.5) is 0 Å². The molecular formula is C14H26N2O7. The molecule has 1 aliphatic rings. The molecule has 9 nitrogen and oxygen atoms in total. The minimum absolute atomic E-state index is 0.0591. The largest absolute Gasteiger partial charge is 0.462 e. The zero-order valence-corrected chi connectivity index (χ0v) is 13.6. The number of amides is 1. The molecule has 1 saturated heterocycles. The van der Waals surface area contributed by atoms with Crippen molar-refractivity contribution in [3.63, 3.8) is 0 Å². The highest BCUT2D eigenvalue weighted by molar-refractivity contribution is 5.76. The van der Waals surface area contributed by atoms with E-state index in [2.05, 4.69) is 5.32 Å². The highest BCUT2D eigenvalue weighted by Crippen LogP contribution is 2.20. The monoisotopic (exact) mass is 334 g/mol. The van der Waals surface area contributed by atoms with E-state index in [9.17, 15) is 24.9 Å². The first-order valence-corrected chi connectivity index (χ1v) is 7.55. The van der Waals surface area contributed by atoms with Crippen LogP contribution >= 0.6 is 0 Å². The number of carbonyl (C=O) groups is 2. The number of aliphatic hydroxyl groups is 3. The van der Waals surface area contributed by atoms with Gasteiger partial charge in [0.25, 0.3) is 0 Å². The smallest absolute Gasteiger partial charge is 0.320 e. The molecule has 0 aromatic rings. The minimum Gasteiger partial charge on any atom is -0.462 e. The molecule has 9 heteroatoms. The molecule has 0 aromatic heterocycles. The molecule has 134 valence electrons. The number of esters is 1. The van der Waals surface area contributed by atoms with E-state index in [-0.39, 0.29) is 25.5 Å². The first kappa shape index (κ1) is 19.8. The van der Waals surface area contributed by atoms with E-state index in [0.29, 0.717) is 6.42 Å². The van der Waals surface area contributed by atoms with Crippen molar-refractivity contribution in [2.45, 2.75) is 50.4 Å². The molecule has 23 heavy (non-hydrogen) atoms. The minimum atomic E-state index is -1.51. The van der Waals surface area contributed by atoms with Crippen LogP contribution < -0.4 is 5.32 Å². The molecule has 2 unspecified atom stereocenters. The summed E-state index contributed by atoms with van der Waals surface area (Å²) in [5.41, 5.74) is 0. The van der Waals surface area contributed by atoms with Gasteiger partial charge >= 0.3 is 5.97 Å². The van der Waals surface area contributed by atoms with Crippen LogP contribution in [0.25, 0.3) is 0 Å². The summed E-state index contributed by atoms with van der Waals surface area (Å²) in [6, 6.07) is -1.14. The number of hydrogen-bond acceptors (Lipinski definition) is 8. The summed E-state index contributed by atoms with van der Waals surface area (Å²) in [5.74, 6) is -0.879. The lowest BCUT2D eigenvalue weighted by atomic mass is 9.97. The van der Waals surface area contributed by atoms with Gasteiger partial charge in [0.1, 0.15) is 31.0 Å². The molecule has 0 spiro atoms. The second-order valence-corrected chi connectivity index (χ2v) is 5.81. The fourth-order valence-corrected chi connectivity index (χ4v) is 2.20. The third kappa shape index (κ3) is 6.04. The van der Waals surface area contributed by atoms with Gasteiger partial charge < -0.3 is 30.1 Å². The van der Waals surface area contributed by atoms with E-state index in [0.717, 1.165) is 0 Å². The summed E-state index contributed by atoms with van der Waals surface area (Å²) in [5, 5.41) is 32.4. The number of nitrogens with one attached hydrogen (secondary N) is 1. The van der Waals surface area contributed by atoms with Gasteiger partial charge in [0.05, 0.1) is 6.54 Å². The Bertz CT molecular complexity index is 405. The Morgan fingerprint density at radius 1 is 1.22 bits per heavy atom. The Balaban J connectivity index is 2.55. The number of rotatable bonds is 7. The Morgan fingerprint density at radius 2 is 1.87 bits per heavy atom. The van der Waals surface area contributed by atoms with Gasteiger partial charge in [-0.2, -0.15) is 0 Å². The lowest BCUT2D eigenvalue weighted by Gasteiger charge is -2.40. The van der Waals surface area contributed by atoms with Crippen molar-refractivity contribution in [3.8, 4) is 0 Å². The molecule has 4 N–H and O–H groups in total. The van der Waals surface area contributed by atoms with Crippen molar-refractivity contribution < 1.29 is 34.4 Å². The Hall–Kier alpha value is -1.26. The summed E-state index contributed by atoms with van der Waals surface area (Å²) in [7, 11) is 3.40. The maximum absolute atomic E-state index is 11.6. The molecule has 0 radical (unpaired) electrons. The number of carbonyl (C=O) groups excluding carboxylic acids is 2. The topological polar surface area (TPSA) is 129 Å². The summed E-state index contributed by atoms with van der Waals surface area (Å²) >= 11 is 0. The van der Waals surface area contributed by atoms with E-state index < -0.39 is 36.6 Å². The SMILES string of the molecule is CCCC(=O)N[C@H]1C(O)OC(COC(=O)CN(C)C)[C@@H](O)[C@@H]1O. The van der Waals surface area contributed by atoms with Crippen LogP contribution in [0.5, 0.6) is 0 Å². The van der Waals surface area contributed by atoms with Gasteiger partial charge in [-0.3, -0.25) is 14.5 Å². The van der Waals surface area contributed by atoms with Crippen LogP contribution in [0.1, 0.15) is 19.8 Å². The maximum Gasteiger partial charge on any atom is 0.320 e. The number of likely N-dealkylation sites (N-methyl/N-ethyl adjacent to an activating group) is 1. The van der Waals surface area contributed by atoms with E-state index in [4.69, 9.17) is 9.47 Å². The first-order valence-electron chi connectivity index (χ1n) is 7.55. The summed E-state index contributed by atoms with van der Waals surface area (Å²) in [6.07, 6.45) is -4.58. The molecule has 0 aromatic carbocycles. The van der Waals surface area contributed by atoms with Gasteiger partial charge in [0, 0.05) is 6.42 Å². The van der Waals surface area contributed by atoms with Crippen molar-refractivity contribution in [3.05, 3.63) is 0 Å². The number of aliphatic hydroxyl groups excluding tert-OH is 3. The van der Waals surface area contributed by atoms with Crippen molar-refractivity contribution in [2.75, 3.05) is 27.2 Å². The van der Waals surface area contributed by atoms with Gasteiger partial charge in [0.2, 0.25) is 5.91 Å². The normalized spacial score (nSPS) is 31.0. The average molecular weight is 334 g/mol. The lowest BCUT2D eigenvalue weighted by Crippen LogP contribution is -2.64. The van der Waals surface area contributed by atoms with Crippen LogP contribution in [0.2, 0.25) is 0 Å². The molecular weight excluding hydrogens is 308 g/mol. The maximum atomic E-state index is 11.6. The summed E-state index contributed by atoms with van der Waals surface area (Å²) in [4.78, 5) is 24.6. The van der Waals surface area contributed by atoms with Crippen molar-refractivity contribution in [1.29, 1.82) is 0 Å². The van der Waals surface area contributed by atoms with Crippen molar-refractivity contribution in [1.82, 2.24) is 10.2 Å². The van der Waals surface area contributed by atoms with Crippen LogP contribution in [-0.2, 0) is 19.1 Å². The van der Waals surface area contributed by atoms with E-state index in [1.165, 1.54) is 0 Å². The van der Waals surface area contributed by atoms with Crippen LogP contribution in [-0.4, -0.2) is 90.0 Å². The molecule has 0 aliphatic carbocycles. The number of ether oxygens (including phenoxy) is 2. The van der Waals surface area contributed by atoms with Crippen LogP contribution in [0, 0.1) is 0 Å². The zero-order valence-electron chi connectivity index (χ0n) is 13.6. The molecule has 5 atom stereocenters. The van der Waals surface area contributed by atoms with E-state index >= 15 is 0 Å².